The molecule has 7 heteroatoms. The number of halogens is 1. The Morgan fingerprint density at radius 1 is 0.862 bits per heavy atom. The van der Waals surface area contributed by atoms with Crippen LogP contribution in [-0.2, 0) is 0 Å². The fourth-order valence-electron chi connectivity index (χ4n) is 3.87. The summed E-state index contributed by atoms with van der Waals surface area (Å²) < 4.78 is 0. The van der Waals surface area contributed by atoms with E-state index >= 15 is 0 Å². The summed E-state index contributed by atoms with van der Waals surface area (Å²) in [6, 6.07) is 14.0. The molecule has 150 valence electrons. The molecule has 0 unspecified atom stereocenters. The minimum atomic E-state index is -0.206. The molecule has 2 aromatic rings. The van der Waals surface area contributed by atoms with E-state index in [-0.39, 0.29) is 17.7 Å². The summed E-state index contributed by atoms with van der Waals surface area (Å²) in [5.41, 5.74) is 1.59. The number of carbonyl (C=O) groups is 3. The van der Waals surface area contributed by atoms with E-state index in [4.69, 9.17) is 11.6 Å². The number of amides is 3. The number of hydrogen-bond donors (Lipinski definition) is 0. The number of imide groups is 1. The van der Waals surface area contributed by atoms with Gasteiger partial charge in [0.05, 0.1) is 11.1 Å². The number of hydrogen-bond acceptors (Lipinski definition) is 4. The number of fused-ring (bicyclic) bond motifs is 1. The highest BCUT2D eigenvalue weighted by Crippen LogP contribution is 2.22. The first-order chi connectivity index (χ1) is 14.0. The monoisotopic (exact) mass is 411 g/mol. The van der Waals surface area contributed by atoms with Crippen LogP contribution in [0.1, 0.15) is 37.5 Å². The van der Waals surface area contributed by atoms with Crippen LogP contribution in [0.15, 0.2) is 48.5 Å². The summed E-state index contributed by atoms with van der Waals surface area (Å²) in [7, 11) is 0. The van der Waals surface area contributed by atoms with E-state index in [9.17, 15) is 14.4 Å². The van der Waals surface area contributed by atoms with Crippen LogP contribution >= 0.6 is 11.6 Å². The van der Waals surface area contributed by atoms with Crippen molar-refractivity contribution in [1.82, 2.24) is 14.7 Å². The molecule has 0 spiro atoms. The van der Waals surface area contributed by atoms with Gasteiger partial charge in [-0.2, -0.15) is 0 Å². The summed E-state index contributed by atoms with van der Waals surface area (Å²) in [5, 5.41) is 0.558. The minimum Gasteiger partial charge on any atom is -0.336 e. The van der Waals surface area contributed by atoms with E-state index in [0.717, 1.165) is 19.6 Å². The maximum atomic E-state index is 12.6. The van der Waals surface area contributed by atoms with Gasteiger partial charge in [0.25, 0.3) is 17.7 Å². The van der Waals surface area contributed by atoms with Crippen LogP contribution in [-0.4, -0.2) is 71.7 Å². The van der Waals surface area contributed by atoms with Gasteiger partial charge < -0.3 is 4.90 Å². The zero-order valence-corrected chi connectivity index (χ0v) is 16.8. The fraction of sp³-hybridized carbons (Fsp3) is 0.318. The van der Waals surface area contributed by atoms with Crippen molar-refractivity contribution in [3.05, 3.63) is 70.2 Å². The summed E-state index contributed by atoms with van der Waals surface area (Å²) in [6.45, 7) is 4.04. The van der Waals surface area contributed by atoms with Gasteiger partial charge in [-0.05, 0) is 43.3 Å². The Bertz CT molecular complexity index is 919. The predicted octanol–water partition coefficient (Wildman–Crippen LogP) is 2.78. The zero-order valence-electron chi connectivity index (χ0n) is 16.0. The second-order valence-corrected chi connectivity index (χ2v) is 7.74. The first kappa shape index (κ1) is 19.6. The molecule has 3 amide bonds. The van der Waals surface area contributed by atoms with Gasteiger partial charge in [-0.1, -0.05) is 29.8 Å². The van der Waals surface area contributed by atoms with E-state index in [1.54, 1.807) is 48.5 Å². The normalized spacial score (nSPS) is 17.0. The fourth-order valence-corrected chi connectivity index (χ4v) is 4.06. The zero-order chi connectivity index (χ0) is 20.4. The van der Waals surface area contributed by atoms with Gasteiger partial charge in [-0.15, -0.1) is 0 Å². The Morgan fingerprint density at radius 3 is 2.14 bits per heavy atom. The van der Waals surface area contributed by atoms with Crippen LogP contribution in [0.4, 0.5) is 0 Å². The van der Waals surface area contributed by atoms with Crippen LogP contribution in [0, 0.1) is 0 Å². The lowest BCUT2D eigenvalue weighted by Crippen LogP contribution is -2.49. The first-order valence-corrected chi connectivity index (χ1v) is 10.1. The Kier molecular flexibility index (Phi) is 5.65. The third kappa shape index (κ3) is 4.04. The van der Waals surface area contributed by atoms with Crippen LogP contribution in [0.25, 0.3) is 0 Å². The number of carbonyl (C=O) groups excluding carboxylic acids is 3. The largest absolute Gasteiger partial charge is 0.336 e. The minimum absolute atomic E-state index is 0.00169. The molecule has 0 N–H and O–H groups in total. The standard InChI is InChI=1S/C22H22ClN3O3/c23-17-6-3-5-16(15-17)20(27)25-13-11-24(12-14-25)9-4-10-26-21(28)18-7-1-2-8-19(18)22(26)29/h1-3,5-8,15H,4,9-14H2. The Labute approximate surface area is 174 Å². The molecule has 1 saturated heterocycles. The van der Waals surface area contributed by atoms with Crippen molar-refractivity contribution in [2.75, 3.05) is 39.3 Å². The molecule has 29 heavy (non-hydrogen) atoms. The van der Waals surface area contributed by atoms with Gasteiger partial charge >= 0.3 is 0 Å². The second-order valence-electron chi connectivity index (χ2n) is 7.31. The quantitative estimate of drug-likeness (QED) is 0.710. The molecule has 1 fully saturated rings. The van der Waals surface area contributed by atoms with E-state index in [0.29, 0.717) is 47.8 Å². The Balaban J connectivity index is 1.24. The molecule has 0 bridgehead atoms. The van der Waals surface area contributed by atoms with Gasteiger partial charge in [-0.25, -0.2) is 0 Å². The highest BCUT2D eigenvalue weighted by molar-refractivity contribution is 6.31. The molecule has 2 heterocycles. The molecular formula is C22H22ClN3O3. The lowest BCUT2D eigenvalue weighted by molar-refractivity contribution is 0.0595. The summed E-state index contributed by atoms with van der Waals surface area (Å²) in [6.07, 6.45) is 0.716. The molecule has 0 aliphatic carbocycles. The summed E-state index contributed by atoms with van der Waals surface area (Å²) in [4.78, 5) is 42.8. The molecule has 6 nitrogen and oxygen atoms in total. The van der Waals surface area contributed by atoms with Crippen LogP contribution < -0.4 is 0 Å². The molecule has 0 radical (unpaired) electrons. The van der Waals surface area contributed by atoms with Crippen molar-refractivity contribution >= 4 is 29.3 Å². The number of nitrogens with zero attached hydrogens (tertiary/aromatic N) is 3. The van der Waals surface area contributed by atoms with E-state index in [1.165, 1.54) is 4.90 Å². The Hall–Kier alpha value is -2.70. The first-order valence-electron chi connectivity index (χ1n) is 9.77. The van der Waals surface area contributed by atoms with Crippen molar-refractivity contribution in [1.29, 1.82) is 0 Å². The smallest absolute Gasteiger partial charge is 0.261 e. The number of benzene rings is 2. The van der Waals surface area contributed by atoms with Gasteiger partial charge in [0.15, 0.2) is 0 Å². The third-order valence-corrected chi connectivity index (χ3v) is 5.70. The maximum Gasteiger partial charge on any atom is 0.261 e. The van der Waals surface area contributed by atoms with Crippen LogP contribution in [0.2, 0.25) is 5.02 Å². The second kappa shape index (κ2) is 8.35. The summed E-state index contributed by atoms with van der Waals surface area (Å²) >= 11 is 5.98. The van der Waals surface area contributed by atoms with Gasteiger partial charge in [0.1, 0.15) is 0 Å². The molecule has 0 aromatic heterocycles. The van der Waals surface area contributed by atoms with Crippen molar-refractivity contribution < 1.29 is 14.4 Å². The average molecular weight is 412 g/mol. The van der Waals surface area contributed by atoms with Crippen molar-refractivity contribution in [2.24, 2.45) is 0 Å². The number of rotatable bonds is 5. The van der Waals surface area contributed by atoms with Crippen molar-refractivity contribution in [2.45, 2.75) is 6.42 Å². The number of piperazine rings is 1. The molecule has 2 aliphatic rings. The molecular weight excluding hydrogens is 390 g/mol. The van der Waals surface area contributed by atoms with E-state index < -0.39 is 0 Å². The van der Waals surface area contributed by atoms with Gasteiger partial charge in [-0.3, -0.25) is 24.2 Å². The highest BCUT2D eigenvalue weighted by atomic mass is 35.5. The average Bonchev–Trinajstić information content (AvgIpc) is 2.99. The SMILES string of the molecule is O=C(c1cccc(Cl)c1)N1CCN(CCCN2C(=O)c3ccccc3C2=O)CC1. The van der Waals surface area contributed by atoms with Crippen molar-refractivity contribution in [3.8, 4) is 0 Å². The van der Waals surface area contributed by atoms with E-state index in [1.807, 2.05) is 4.90 Å². The Morgan fingerprint density at radius 2 is 1.52 bits per heavy atom. The lowest BCUT2D eigenvalue weighted by Gasteiger charge is -2.35. The molecule has 0 atom stereocenters. The van der Waals surface area contributed by atoms with Crippen LogP contribution in [0.3, 0.4) is 0 Å². The van der Waals surface area contributed by atoms with Crippen molar-refractivity contribution in [3.63, 3.8) is 0 Å². The molecule has 0 saturated carbocycles. The lowest BCUT2D eigenvalue weighted by atomic mass is 10.1. The van der Waals surface area contributed by atoms with Crippen LogP contribution in [0.5, 0.6) is 0 Å². The maximum absolute atomic E-state index is 12.6. The summed E-state index contributed by atoms with van der Waals surface area (Å²) in [5.74, 6) is -0.414. The molecule has 2 aliphatic heterocycles. The molecule has 4 rings (SSSR count). The van der Waals surface area contributed by atoms with Gasteiger partial charge in [0.2, 0.25) is 0 Å². The predicted molar refractivity (Wildman–Crippen MR) is 110 cm³/mol. The topological polar surface area (TPSA) is 60.9 Å². The molecule has 2 aromatic carbocycles. The highest BCUT2D eigenvalue weighted by Gasteiger charge is 2.34. The van der Waals surface area contributed by atoms with Gasteiger partial charge in [0, 0.05) is 43.3 Å². The van der Waals surface area contributed by atoms with E-state index in [2.05, 4.69) is 4.90 Å². The third-order valence-electron chi connectivity index (χ3n) is 5.47.